The van der Waals surface area contributed by atoms with Gasteiger partial charge in [-0.3, -0.25) is 0 Å². The second kappa shape index (κ2) is 8.02. The molecule has 0 saturated heterocycles. The molecule has 0 unspecified atom stereocenters. The van der Waals surface area contributed by atoms with Crippen LogP contribution < -0.4 is 14.2 Å². The van der Waals surface area contributed by atoms with Gasteiger partial charge in [-0.1, -0.05) is 23.2 Å². The minimum Gasteiger partial charge on any atom is -0.495 e. The molecule has 24 heavy (non-hydrogen) atoms. The van der Waals surface area contributed by atoms with E-state index in [1.807, 2.05) is 0 Å². The molecule has 2 aromatic rings. The molecule has 0 atom stereocenters. The monoisotopic (exact) mass is 393 g/mol. The molecule has 0 aliphatic heterocycles. The van der Waals surface area contributed by atoms with E-state index in [-0.39, 0.29) is 39.6 Å². The van der Waals surface area contributed by atoms with Crippen LogP contribution in [-0.2, 0) is 10.0 Å². The van der Waals surface area contributed by atoms with Crippen molar-refractivity contribution >= 4 is 33.2 Å². The Morgan fingerprint density at radius 2 is 1.83 bits per heavy atom. The lowest BCUT2D eigenvalue weighted by atomic mass is 10.3. The van der Waals surface area contributed by atoms with Crippen molar-refractivity contribution in [2.45, 2.75) is 4.90 Å². The van der Waals surface area contributed by atoms with E-state index in [9.17, 15) is 12.8 Å². The van der Waals surface area contributed by atoms with Crippen LogP contribution in [0.1, 0.15) is 0 Å². The van der Waals surface area contributed by atoms with Crippen LogP contribution in [-0.4, -0.2) is 28.7 Å². The number of benzene rings is 2. The molecule has 0 saturated carbocycles. The van der Waals surface area contributed by atoms with E-state index in [1.165, 1.54) is 37.4 Å². The first kappa shape index (κ1) is 18.8. The van der Waals surface area contributed by atoms with Gasteiger partial charge in [-0.2, -0.15) is 0 Å². The van der Waals surface area contributed by atoms with Crippen molar-refractivity contribution < 1.29 is 22.3 Å². The molecule has 0 aromatic heterocycles. The molecule has 9 heteroatoms. The van der Waals surface area contributed by atoms with Gasteiger partial charge in [-0.05, 0) is 36.4 Å². The maximum absolute atomic E-state index is 12.9. The number of halogens is 3. The highest BCUT2D eigenvalue weighted by molar-refractivity contribution is 7.89. The van der Waals surface area contributed by atoms with Crippen LogP contribution in [0.15, 0.2) is 41.3 Å². The largest absolute Gasteiger partial charge is 0.495 e. The molecule has 0 spiro atoms. The Hall–Kier alpha value is -1.54. The van der Waals surface area contributed by atoms with Crippen molar-refractivity contribution in [3.8, 4) is 11.5 Å². The van der Waals surface area contributed by atoms with Gasteiger partial charge < -0.3 is 9.47 Å². The Kier molecular flexibility index (Phi) is 6.28. The average Bonchev–Trinajstić information content (AvgIpc) is 2.53. The van der Waals surface area contributed by atoms with E-state index in [2.05, 4.69) is 4.72 Å². The summed E-state index contributed by atoms with van der Waals surface area (Å²) < 4.78 is 50.3. The van der Waals surface area contributed by atoms with Gasteiger partial charge in [0.25, 0.3) is 0 Å². The molecule has 0 fully saturated rings. The number of rotatable bonds is 7. The van der Waals surface area contributed by atoms with Crippen molar-refractivity contribution in [1.29, 1.82) is 0 Å². The van der Waals surface area contributed by atoms with Gasteiger partial charge in [0, 0.05) is 11.6 Å². The third-order valence-electron chi connectivity index (χ3n) is 2.96. The van der Waals surface area contributed by atoms with Gasteiger partial charge in [-0.15, -0.1) is 0 Å². The summed E-state index contributed by atoms with van der Waals surface area (Å²) in [4.78, 5) is -0.0719. The lowest BCUT2D eigenvalue weighted by Crippen LogP contribution is -2.28. The summed E-state index contributed by atoms with van der Waals surface area (Å²) in [7, 11) is -2.47. The fourth-order valence-electron chi connectivity index (χ4n) is 1.87. The first-order valence-electron chi connectivity index (χ1n) is 6.74. The molecule has 1 N–H and O–H groups in total. The Bertz CT molecular complexity index is 830. The first-order valence-corrected chi connectivity index (χ1v) is 8.98. The van der Waals surface area contributed by atoms with Crippen molar-refractivity contribution in [2.24, 2.45) is 0 Å². The van der Waals surface area contributed by atoms with Crippen LogP contribution in [0.4, 0.5) is 4.39 Å². The van der Waals surface area contributed by atoms with Crippen LogP contribution in [0.2, 0.25) is 10.0 Å². The number of hydrogen-bond acceptors (Lipinski definition) is 4. The van der Waals surface area contributed by atoms with Crippen molar-refractivity contribution in [3.05, 3.63) is 52.3 Å². The van der Waals surface area contributed by atoms with E-state index >= 15 is 0 Å². The lowest BCUT2D eigenvalue weighted by Gasteiger charge is -2.12. The summed E-state index contributed by atoms with van der Waals surface area (Å²) in [6.07, 6.45) is 0. The van der Waals surface area contributed by atoms with Crippen LogP contribution in [0.3, 0.4) is 0 Å². The highest BCUT2D eigenvalue weighted by atomic mass is 35.5. The highest BCUT2D eigenvalue weighted by Gasteiger charge is 2.19. The smallest absolute Gasteiger partial charge is 0.244 e. The van der Waals surface area contributed by atoms with Gasteiger partial charge in [0.2, 0.25) is 10.0 Å². The fourth-order valence-corrected chi connectivity index (χ4v) is 3.53. The zero-order valence-corrected chi connectivity index (χ0v) is 14.9. The maximum Gasteiger partial charge on any atom is 0.244 e. The van der Waals surface area contributed by atoms with E-state index in [0.717, 1.165) is 6.07 Å². The minimum atomic E-state index is -3.83. The Labute approximate surface area is 149 Å². The zero-order chi connectivity index (χ0) is 17.7. The third kappa shape index (κ3) is 4.73. The van der Waals surface area contributed by atoms with Crippen molar-refractivity contribution in [3.63, 3.8) is 0 Å². The molecule has 0 aliphatic carbocycles. The summed E-state index contributed by atoms with van der Waals surface area (Å²) in [5, 5.41) is 0.375. The summed E-state index contributed by atoms with van der Waals surface area (Å²) in [5.74, 6) is -0.0481. The molecule has 0 amide bonds. The summed E-state index contributed by atoms with van der Waals surface area (Å²) >= 11 is 11.7. The maximum atomic E-state index is 12.9. The minimum absolute atomic E-state index is 0.00740. The van der Waals surface area contributed by atoms with E-state index in [1.54, 1.807) is 0 Å². The SMILES string of the molecule is COc1ccc(Cl)cc1S(=O)(=O)NCCOc1ccc(F)cc1Cl. The quantitative estimate of drug-likeness (QED) is 0.731. The van der Waals surface area contributed by atoms with Gasteiger partial charge >= 0.3 is 0 Å². The zero-order valence-electron chi connectivity index (χ0n) is 12.6. The van der Waals surface area contributed by atoms with E-state index in [4.69, 9.17) is 32.7 Å². The summed E-state index contributed by atoms with van der Waals surface area (Å²) in [6.45, 7) is -0.0147. The average molecular weight is 394 g/mol. The number of methoxy groups -OCH3 is 1. The number of nitrogens with one attached hydrogen (secondary N) is 1. The number of sulfonamides is 1. The van der Waals surface area contributed by atoms with Crippen LogP contribution in [0.25, 0.3) is 0 Å². The third-order valence-corrected chi connectivity index (χ3v) is 4.97. The predicted molar refractivity (Wildman–Crippen MR) is 90.1 cm³/mol. The standard InChI is InChI=1S/C15H14Cl2FNO4S/c1-22-14-4-2-10(16)8-15(14)24(20,21)19-6-7-23-13-5-3-11(18)9-12(13)17/h2-5,8-9,19H,6-7H2,1H3. The van der Waals surface area contributed by atoms with Crippen LogP contribution in [0.5, 0.6) is 11.5 Å². The molecule has 2 rings (SSSR count). The molecule has 0 radical (unpaired) electrons. The lowest BCUT2D eigenvalue weighted by molar-refractivity contribution is 0.322. The molecule has 0 aliphatic rings. The number of hydrogen-bond donors (Lipinski definition) is 1. The van der Waals surface area contributed by atoms with Gasteiger partial charge in [0.15, 0.2) is 0 Å². The molecule has 5 nitrogen and oxygen atoms in total. The Balaban J connectivity index is 1.99. The second-order valence-corrected chi connectivity index (χ2v) is 7.20. The van der Waals surface area contributed by atoms with Crippen LogP contribution >= 0.6 is 23.2 Å². The molecule has 0 bridgehead atoms. The van der Waals surface area contributed by atoms with Crippen molar-refractivity contribution in [2.75, 3.05) is 20.3 Å². The topological polar surface area (TPSA) is 64.6 Å². The normalized spacial score (nSPS) is 11.3. The second-order valence-electron chi connectivity index (χ2n) is 4.62. The van der Waals surface area contributed by atoms with E-state index in [0.29, 0.717) is 0 Å². The van der Waals surface area contributed by atoms with E-state index < -0.39 is 15.8 Å². The van der Waals surface area contributed by atoms with Gasteiger partial charge in [-0.25, -0.2) is 17.5 Å². The summed E-state index contributed by atoms with van der Waals surface area (Å²) in [5.41, 5.74) is 0. The van der Waals surface area contributed by atoms with Crippen LogP contribution in [0, 0.1) is 5.82 Å². The predicted octanol–water partition coefficient (Wildman–Crippen LogP) is 3.50. The van der Waals surface area contributed by atoms with Gasteiger partial charge in [0.05, 0.1) is 12.1 Å². The Morgan fingerprint density at radius 3 is 2.50 bits per heavy atom. The Morgan fingerprint density at radius 1 is 1.12 bits per heavy atom. The highest BCUT2D eigenvalue weighted by Crippen LogP contribution is 2.27. The molecule has 0 heterocycles. The fraction of sp³-hybridized carbons (Fsp3) is 0.200. The summed E-state index contributed by atoms with van der Waals surface area (Å²) in [6, 6.07) is 7.96. The number of ether oxygens (including phenoxy) is 2. The van der Waals surface area contributed by atoms with Crippen molar-refractivity contribution in [1.82, 2.24) is 4.72 Å². The molecular weight excluding hydrogens is 380 g/mol. The molecule has 2 aromatic carbocycles. The first-order chi connectivity index (χ1) is 11.3. The molecule has 130 valence electrons. The van der Waals surface area contributed by atoms with Gasteiger partial charge in [0.1, 0.15) is 28.8 Å². The molecular formula is C15H14Cl2FNO4S.